The summed E-state index contributed by atoms with van der Waals surface area (Å²) < 4.78 is 8.55. The molecule has 1 rings (SSSR count). The van der Waals surface area contributed by atoms with Crippen molar-refractivity contribution in [2.24, 2.45) is 0 Å². The van der Waals surface area contributed by atoms with E-state index in [0.717, 1.165) is 0 Å². The first-order valence-corrected chi connectivity index (χ1v) is 3.77. The van der Waals surface area contributed by atoms with Crippen LogP contribution < -0.4 is 33.5 Å². The van der Waals surface area contributed by atoms with Crippen molar-refractivity contribution in [3.63, 3.8) is 0 Å². The third-order valence-corrected chi connectivity index (χ3v) is 0.496. The van der Waals surface area contributed by atoms with Gasteiger partial charge < -0.3 is 24.2 Å². The van der Waals surface area contributed by atoms with Crippen LogP contribution in [0.15, 0.2) is 24.5 Å². The van der Waals surface area contributed by atoms with E-state index in [-0.39, 0.29) is 35.9 Å². The first-order valence-electron chi connectivity index (χ1n) is 2.31. The van der Waals surface area contributed by atoms with Gasteiger partial charge in [0, 0.05) is 12.4 Å². The van der Waals surface area contributed by atoms with Gasteiger partial charge >= 0.3 is 35.9 Å². The molecule has 1 aromatic heterocycles. The molecule has 8 heteroatoms. The third-order valence-electron chi connectivity index (χ3n) is 0.496. The molecule has 1 heterocycles. The average Bonchev–Trinajstić information content (AvgIpc) is 2.07. The summed E-state index contributed by atoms with van der Waals surface area (Å²) in [6.07, 6.45) is 3.75. The molecule has 0 saturated carbocycles. The summed E-state index contributed by atoms with van der Waals surface area (Å²) >= 11 is 0. The van der Waals surface area contributed by atoms with E-state index < -0.39 is 7.82 Å². The van der Waals surface area contributed by atoms with Gasteiger partial charge in [-0.3, -0.25) is 0 Å². The maximum atomic E-state index is 8.55. The van der Waals surface area contributed by atoms with Crippen LogP contribution in [-0.2, 0) is 21.6 Å². The van der Waals surface area contributed by atoms with Crippen molar-refractivity contribution in [2.75, 3.05) is 0 Å². The van der Waals surface area contributed by atoms with E-state index in [4.69, 9.17) is 19.2 Å². The number of hydrogen-bond acceptors (Lipinski definition) is 4. The van der Waals surface area contributed by atoms with Gasteiger partial charge in [-0.1, -0.05) is 0 Å². The summed E-state index contributed by atoms with van der Waals surface area (Å²) in [6.45, 7) is 0. The Morgan fingerprint density at radius 1 is 1.08 bits per heavy atom. The summed E-state index contributed by atoms with van der Waals surface area (Å²) in [5.74, 6) is 0. The van der Waals surface area contributed by atoms with Gasteiger partial charge in [0.05, 0.1) is 0 Å². The molecular weight excluding hydrogens is 220 g/mol. The largest absolute Gasteiger partial charge is 2.00 e. The van der Waals surface area contributed by atoms with E-state index in [2.05, 4.69) is 4.98 Å². The summed E-state index contributed by atoms with van der Waals surface area (Å²) in [5, 5.41) is 0. The van der Waals surface area contributed by atoms with Crippen molar-refractivity contribution in [3.05, 3.63) is 24.5 Å². The molecule has 0 aliphatic heterocycles. The Kier molecular flexibility index (Phi) is 14.6. The van der Waals surface area contributed by atoms with Crippen molar-refractivity contribution < 1.29 is 55.2 Å². The molecule has 1 N–H and O–H groups in total. The molecule has 0 aromatic carbocycles. The van der Waals surface area contributed by atoms with E-state index in [1.54, 1.807) is 0 Å². The summed E-state index contributed by atoms with van der Waals surface area (Å²) in [7, 11) is -5.39. The number of H-pyrrole nitrogens is 1. The molecule has 0 radical (unpaired) electrons. The zero-order chi connectivity index (χ0) is 8.04. The minimum absolute atomic E-state index is 0. The van der Waals surface area contributed by atoms with Crippen molar-refractivity contribution in [1.82, 2.24) is 4.98 Å². The topological polar surface area (TPSA) is 102 Å². The second kappa shape index (κ2) is 9.59. The molecule has 0 saturated heterocycles. The normalized spacial score (nSPS) is 8.25. The maximum absolute atomic E-state index is 8.55. The second-order valence-electron chi connectivity index (χ2n) is 1.33. The Morgan fingerprint density at radius 2 is 1.33 bits per heavy atom. The standard InChI is InChI=1S/C4H5N.Fe.Li.H3O4P/c1-2-4-5-3-1;;;1-5(2,3)4/h1-5H;;;(H3,1,2,3,4)/q;+2;+1;/p-3. The van der Waals surface area contributed by atoms with Crippen LogP contribution in [0.5, 0.6) is 0 Å². The van der Waals surface area contributed by atoms with Crippen molar-refractivity contribution in [3.8, 4) is 0 Å². The van der Waals surface area contributed by atoms with Crippen LogP contribution in [0, 0.1) is 0 Å². The van der Waals surface area contributed by atoms with Crippen LogP contribution in [0.25, 0.3) is 0 Å². The molecule has 0 aliphatic carbocycles. The quantitative estimate of drug-likeness (QED) is 0.353. The molecule has 0 fully saturated rings. The van der Waals surface area contributed by atoms with Crippen LogP contribution in [0.4, 0.5) is 0 Å². The van der Waals surface area contributed by atoms with Gasteiger partial charge in [0.2, 0.25) is 0 Å². The maximum Gasteiger partial charge on any atom is 2.00 e. The number of hydrogen-bond donors (Lipinski definition) is 1. The smallest absolute Gasteiger partial charge is 0.822 e. The number of phosphoric acid groups is 1. The Balaban J connectivity index is -0.000000116. The molecule has 0 amide bonds. The van der Waals surface area contributed by atoms with Gasteiger partial charge in [-0.15, -0.1) is 0 Å². The number of aromatic nitrogens is 1. The van der Waals surface area contributed by atoms with Gasteiger partial charge in [0.15, 0.2) is 0 Å². The molecule has 0 bridgehead atoms. The predicted molar refractivity (Wildman–Crippen MR) is 28.4 cm³/mol. The van der Waals surface area contributed by atoms with Gasteiger partial charge in [-0.25, -0.2) is 0 Å². The van der Waals surface area contributed by atoms with Gasteiger partial charge in [-0.2, -0.15) is 7.82 Å². The van der Waals surface area contributed by atoms with E-state index >= 15 is 0 Å². The van der Waals surface area contributed by atoms with E-state index in [1.165, 1.54) is 0 Å². The average molecular weight is 225 g/mol. The molecule has 0 atom stereocenters. The van der Waals surface area contributed by atoms with E-state index in [9.17, 15) is 0 Å². The fraction of sp³-hybridized carbons (Fsp3) is 0. The Labute approximate surface area is 92.5 Å². The molecule has 1 aromatic rings. The van der Waals surface area contributed by atoms with Crippen LogP contribution in [0.3, 0.4) is 0 Å². The molecule has 12 heavy (non-hydrogen) atoms. The molecule has 0 unspecified atom stereocenters. The first kappa shape index (κ1) is 18.3. The monoisotopic (exact) mass is 225 g/mol. The van der Waals surface area contributed by atoms with Gasteiger partial charge in [-0.05, 0) is 12.1 Å². The summed E-state index contributed by atoms with van der Waals surface area (Å²) in [5.41, 5.74) is 0. The van der Waals surface area contributed by atoms with Crippen molar-refractivity contribution in [1.29, 1.82) is 0 Å². The van der Waals surface area contributed by atoms with E-state index in [1.807, 2.05) is 24.5 Å². The zero-order valence-electron chi connectivity index (χ0n) is 6.24. The number of nitrogens with one attached hydrogen (secondary N) is 1. The minimum Gasteiger partial charge on any atom is -0.822 e. The minimum atomic E-state index is -5.39. The van der Waals surface area contributed by atoms with Crippen molar-refractivity contribution in [2.45, 2.75) is 0 Å². The molecule has 64 valence electrons. The Morgan fingerprint density at radius 3 is 1.42 bits per heavy atom. The predicted octanol–water partition coefficient (Wildman–Crippen LogP) is -4.81. The fourth-order valence-electron chi connectivity index (χ4n) is 0.278. The van der Waals surface area contributed by atoms with Crippen LogP contribution in [-0.4, -0.2) is 4.98 Å². The van der Waals surface area contributed by atoms with Crippen LogP contribution in [0.1, 0.15) is 0 Å². The Hall–Kier alpha value is 0.507. The molecular formula is C4H5FeLiNO4P. The second-order valence-corrected chi connectivity index (χ2v) is 2.23. The summed E-state index contributed by atoms with van der Waals surface area (Å²) in [4.78, 5) is 28.5. The molecule has 0 aliphatic rings. The van der Waals surface area contributed by atoms with Crippen LogP contribution >= 0.6 is 7.82 Å². The van der Waals surface area contributed by atoms with Crippen molar-refractivity contribution >= 4 is 7.82 Å². The summed E-state index contributed by atoms with van der Waals surface area (Å²) in [6, 6.07) is 3.89. The van der Waals surface area contributed by atoms with Gasteiger partial charge in [0.1, 0.15) is 0 Å². The van der Waals surface area contributed by atoms with E-state index in [0.29, 0.717) is 0 Å². The molecule has 0 spiro atoms. The zero-order valence-corrected chi connectivity index (χ0v) is 8.24. The van der Waals surface area contributed by atoms with Crippen LogP contribution in [0.2, 0.25) is 0 Å². The number of rotatable bonds is 0. The first-order chi connectivity index (χ1) is 4.50. The SMILES string of the molecule is O=P([O-])([O-])[O-].[Fe+2].[Li+].c1cc[nH]c1. The fourth-order valence-corrected chi connectivity index (χ4v) is 0.278. The Bertz CT molecular complexity index is 175. The number of aromatic amines is 1. The third kappa shape index (κ3) is 31.3. The molecule has 5 nitrogen and oxygen atoms in total. The van der Waals surface area contributed by atoms with Gasteiger partial charge in [0.25, 0.3) is 0 Å².